The highest BCUT2D eigenvalue weighted by Crippen LogP contribution is 2.35. The van der Waals surface area contributed by atoms with Crippen LogP contribution in [0.5, 0.6) is 5.75 Å². The second-order valence-electron chi connectivity index (χ2n) is 13.2. The van der Waals surface area contributed by atoms with E-state index in [1.165, 1.54) is 25.1 Å². The van der Waals surface area contributed by atoms with Gasteiger partial charge in [0.05, 0.1) is 43.5 Å². The van der Waals surface area contributed by atoms with Crippen LogP contribution in [0, 0.1) is 18.6 Å². The van der Waals surface area contributed by atoms with E-state index >= 15 is 8.78 Å². The van der Waals surface area contributed by atoms with E-state index in [0.717, 1.165) is 16.7 Å². The van der Waals surface area contributed by atoms with Crippen LogP contribution in [0.15, 0.2) is 76.3 Å². The van der Waals surface area contributed by atoms with Gasteiger partial charge in [-0.3, -0.25) is 13.9 Å². The zero-order valence-electron chi connectivity index (χ0n) is 28.5. The molecule has 1 aromatic heterocycles. The molecule has 51 heavy (non-hydrogen) atoms. The third kappa shape index (κ3) is 8.67. The van der Waals surface area contributed by atoms with E-state index in [1.54, 1.807) is 51.1 Å². The van der Waals surface area contributed by atoms with Crippen LogP contribution in [-0.2, 0) is 28.7 Å². The molecule has 2 heterocycles. The summed E-state index contributed by atoms with van der Waals surface area (Å²) in [4.78, 5) is 41.5. The molecule has 1 N–H and O–H groups in total. The van der Waals surface area contributed by atoms with Crippen LogP contribution in [0.2, 0.25) is 0 Å². The molecule has 0 spiro atoms. The number of aromatic nitrogens is 2. The summed E-state index contributed by atoms with van der Waals surface area (Å²) in [6.45, 7) is 5.54. The Labute approximate surface area is 290 Å². The number of alkyl halides is 3. The first-order valence-electron chi connectivity index (χ1n) is 16.3. The summed E-state index contributed by atoms with van der Waals surface area (Å²) in [5, 5.41) is 2.66. The van der Waals surface area contributed by atoms with Gasteiger partial charge in [-0.2, -0.15) is 13.2 Å². The molecule has 9 nitrogen and oxygen atoms in total. The van der Waals surface area contributed by atoms with Crippen molar-refractivity contribution in [2.45, 2.75) is 77.5 Å². The van der Waals surface area contributed by atoms with Crippen molar-refractivity contribution in [2.24, 2.45) is 0 Å². The van der Waals surface area contributed by atoms with Gasteiger partial charge < -0.3 is 19.5 Å². The van der Waals surface area contributed by atoms with Crippen LogP contribution in [-0.4, -0.2) is 40.1 Å². The maximum absolute atomic E-state index is 16.3. The average Bonchev–Trinajstić information content (AvgIpc) is 3.06. The Morgan fingerprint density at radius 1 is 0.941 bits per heavy atom. The lowest BCUT2D eigenvalue weighted by molar-refractivity contribution is -0.138. The van der Waals surface area contributed by atoms with Crippen molar-refractivity contribution >= 4 is 6.09 Å². The van der Waals surface area contributed by atoms with Gasteiger partial charge in [0.25, 0.3) is 5.56 Å². The molecule has 0 bridgehead atoms. The molecule has 14 heteroatoms. The summed E-state index contributed by atoms with van der Waals surface area (Å²) in [7, 11) is 0. The van der Waals surface area contributed by atoms with E-state index in [2.05, 4.69) is 5.32 Å². The molecule has 272 valence electrons. The summed E-state index contributed by atoms with van der Waals surface area (Å²) in [6, 6.07) is 13.7. The number of carbonyl (C=O) groups is 1. The van der Waals surface area contributed by atoms with Gasteiger partial charge in [-0.05, 0) is 51.5 Å². The Bertz CT molecular complexity index is 2000. The van der Waals surface area contributed by atoms with Crippen LogP contribution in [0.4, 0.5) is 26.7 Å². The van der Waals surface area contributed by atoms with E-state index < -0.39 is 71.0 Å². The predicted octanol–water partition coefficient (Wildman–Crippen LogP) is 7.15. The number of hydrogen-bond acceptors (Lipinski definition) is 6. The summed E-state index contributed by atoms with van der Waals surface area (Å²) in [5.41, 5.74) is -5.59. The van der Waals surface area contributed by atoms with E-state index in [-0.39, 0.29) is 28.7 Å². The number of carbonyl (C=O) groups excluding carboxylic acids is 1. The lowest BCUT2D eigenvalue weighted by Gasteiger charge is -2.26. The quantitative estimate of drug-likeness (QED) is 0.185. The second kappa shape index (κ2) is 15.1. The lowest BCUT2D eigenvalue weighted by atomic mass is 10.0. The van der Waals surface area contributed by atoms with E-state index in [1.807, 2.05) is 0 Å². The third-order valence-electron chi connectivity index (χ3n) is 8.38. The topological polar surface area (TPSA) is 101 Å². The first-order valence-corrected chi connectivity index (χ1v) is 16.3. The average molecular weight is 716 g/mol. The molecule has 1 aliphatic rings. The molecule has 0 saturated carbocycles. The van der Waals surface area contributed by atoms with Gasteiger partial charge in [-0.15, -0.1) is 0 Å². The third-order valence-corrected chi connectivity index (χ3v) is 8.38. The van der Waals surface area contributed by atoms with Gasteiger partial charge in [0, 0.05) is 29.7 Å². The minimum absolute atomic E-state index is 0.176. The number of amides is 1. The fourth-order valence-electron chi connectivity index (χ4n) is 5.92. The Kier molecular flexibility index (Phi) is 11.0. The molecule has 0 radical (unpaired) electrons. The van der Waals surface area contributed by atoms with Crippen LogP contribution in [0.1, 0.15) is 62.0 Å². The molecular weight excluding hydrogens is 677 g/mol. The number of benzene rings is 3. The fourth-order valence-corrected chi connectivity index (χ4v) is 5.92. The molecule has 4 aromatic rings. The molecule has 1 atom stereocenters. The number of nitrogens with zero attached hydrogens (tertiary/aromatic N) is 2. The van der Waals surface area contributed by atoms with Gasteiger partial charge in [-0.25, -0.2) is 18.4 Å². The van der Waals surface area contributed by atoms with Crippen molar-refractivity contribution in [1.29, 1.82) is 0 Å². The van der Waals surface area contributed by atoms with Crippen LogP contribution >= 0.6 is 0 Å². The molecule has 1 saturated heterocycles. The first-order chi connectivity index (χ1) is 24.0. The second-order valence-corrected chi connectivity index (χ2v) is 13.2. The highest BCUT2D eigenvalue weighted by Gasteiger charge is 2.35. The van der Waals surface area contributed by atoms with Crippen molar-refractivity contribution < 1.29 is 41.0 Å². The fraction of sp³-hybridized carbons (Fsp3) is 0.378. The number of rotatable bonds is 9. The van der Waals surface area contributed by atoms with E-state index in [9.17, 15) is 27.6 Å². The summed E-state index contributed by atoms with van der Waals surface area (Å²) in [6.07, 6.45) is -5.24. The highest BCUT2D eigenvalue weighted by molar-refractivity contribution is 5.69. The van der Waals surface area contributed by atoms with Crippen LogP contribution < -0.4 is 21.3 Å². The van der Waals surface area contributed by atoms with Crippen molar-refractivity contribution in [2.75, 3.05) is 13.2 Å². The maximum Gasteiger partial charge on any atom is 0.416 e. The van der Waals surface area contributed by atoms with Gasteiger partial charge in [0.1, 0.15) is 17.5 Å². The molecule has 1 fully saturated rings. The van der Waals surface area contributed by atoms with Crippen molar-refractivity contribution in [3.8, 4) is 16.9 Å². The standard InChI is InChI=1S/C37H38F5N3O6/c1-22-31(25-12-8-15-30(32(25)39)50-24-16-18-49-19-17-24)33(46)45(21-29(23-10-6-5-7-11-23)43-34(47)51-36(2,3)4)35(48)44(22)20-26-27(37(40,41)42)13-9-14-28(26)38/h5-15,24,29H,16-21H2,1-4H3,(H,43,47)/t29-/m0/s1. The lowest BCUT2D eigenvalue weighted by Crippen LogP contribution is -2.46. The molecule has 5 rings (SSSR count). The van der Waals surface area contributed by atoms with Gasteiger partial charge >= 0.3 is 18.0 Å². The van der Waals surface area contributed by atoms with Gasteiger partial charge in [0.2, 0.25) is 0 Å². The smallest absolute Gasteiger partial charge is 0.416 e. The van der Waals surface area contributed by atoms with Crippen molar-refractivity contribution in [1.82, 2.24) is 14.5 Å². The number of nitrogens with one attached hydrogen (secondary N) is 1. The highest BCUT2D eigenvalue weighted by atomic mass is 19.4. The zero-order chi connectivity index (χ0) is 37.1. The minimum Gasteiger partial charge on any atom is -0.487 e. The van der Waals surface area contributed by atoms with Crippen molar-refractivity contribution in [3.05, 3.63) is 122 Å². The Balaban J connectivity index is 1.71. The van der Waals surface area contributed by atoms with Crippen LogP contribution in [0.25, 0.3) is 11.1 Å². The van der Waals surface area contributed by atoms with Crippen molar-refractivity contribution in [3.63, 3.8) is 0 Å². The molecule has 1 amide bonds. The number of halogens is 5. The van der Waals surface area contributed by atoms with Gasteiger partial charge in [0.15, 0.2) is 11.6 Å². The van der Waals surface area contributed by atoms with Gasteiger partial charge in [-0.1, -0.05) is 48.5 Å². The zero-order valence-corrected chi connectivity index (χ0v) is 28.5. The summed E-state index contributed by atoms with van der Waals surface area (Å²) >= 11 is 0. The predicted molar refractivity (Wildman–Crippen MR) is 179 cm³/mol. The van der Waals surface area contributed by atoms with E-state index in [4.69, 9.17) is 14.2 Å². The molecule has 0 aliphatic carbocycles. The molecule has 1 aliphatic heterocycles. The number of hydrogen-bond donors (Lipinski definition) is 1. The van der Waals surface area contributed by atoms with E-state index in [0.29, 0.717) is 42.3 Å². The molecule has 3 aromatic carbocycles. The monoisotopic (exact) mass is 715 g/mol. The normalized spacial score (nSPS) is 14.6. The Hall–Kier alpha value is -4.98. The SMILES string of the molecule is Cc1c(-c2cccc(OC3CCOCC3)c2F)c(=O)n(C[C@H](NC(=O)OC(C)(C)C)c2ccccc2)c(=O)n1Cc1c(F)cccc1C(F)(F)F. The molecular formula is C37H38F5N3O6. The first kappa shape index (κ1) is 37.3. The molecule has 0 unspecified atom stereocenters. The summed E-state index contributed by atoms with van der Waals surface area (Å²) in [5.74, 6) is -2.35. The maximum atomic E-state index is 16.3. The Morgan fingerprint density at radius 3 is 2.25 bits per heavy atom. The largest absolute Gasteiger partial charge is 0.487 e. The Morgan fingerprint density at radius 2 is 1.61 bits per heavy atom. The van der Waals surface area contributed by atoms with Crippen LogP contribution in [0.3, 0.4) is 0 Å². The minimum atomic E-state index is -4.98. The number of ether oxygens (including phenoxy) is 3. The summed E-state index contributed by atoms with van der Waals surface area (Å²) < 4.78 is 91.9. The number of alkyl carbamates (subject to hydrolysis) is 1.